The lowest BCUT2D eigenvalue weighted by molar-refractivity contribution is 0.217. The minimum Gasteiger partial charge on any atom is -0.384 e. The van der Waals surface area contributed by atoms with Crippen molar-refractivity contribution in [3.63, 3.8) is 0 Å². The number of para-hydroxylation sites is 1. The van der Waals surface area contributed by atoms with Gasteiger partial charge in [0.2, 0.25) is 20.0 Å². The van der Waals surface area contributed by atoms with Gasteiger partial charge in [-0.3, -0.25) is 4.72 Å². The number of sulfonamides is 2. The first-order valence-corrected chi connectivity index (χ1v) is 8.07. The summed E-state index contributed by atoms with van der Waals surface area (Å²) in [7, 11) is -6.29. The standard InChI is InChI=1S/C9H14N2O5S2/c1-16-6-7-17(12,13)11-8-4-2-3-5-9(8)18(10,14)15/h2-5,11H,6-7H2,1H3,(H2,10,14,15). The molecule has 0 aromatic heterocycles. The molecule has 0 aliphatic rings. The van der Waals surface area contributed by atoms with Crippen molar-refractivity contribution in [3.05, 3.63) is 24.3 Å². The van der Waals surface area contributed by atoms with Crippen molar-refractivity contribution in [1.29, 1.82) is 0 Å². The Kier molecular flexibility index (Phi) is 4.68. The normalized spacial score (nSPS) is 12.3. The summed E-state index contributed by atoms with van der Waals surface area (Å²) in [5.74, 6) is -0.275. The lowest BCUT2D eigenvalue weighted by Gasteiger charge is -2.10. The van der Waals surface area contributed by atoms with Gasteiger partial charge < -0.3 is 4.74 Å². The van der Waals surface area contributed by atoms with Crippen molar-refractivity contribution in [2.75, 3.05) is 24.2 Å². The number of primary sulfonamides is 1. The number of hydrogen-bond acceptors (Lipinski definition) is 5. The minimum atomic E-state index is -3.98. The van der Waals surface area contributed by atoms with Crippen LogP contribution in [0.15, 0.2) is 29.2 Å². The van der Waals surface area contributed by atoms with E-state index < -0.39 is 20.0 Å². The predicted octanol–water partition coefficient (Wildman–Crippen LogP) is -0.278. The van der Waals surface area contributed by atoms with Crippen LogP contribution in [0.3, 0.4) is 0 Å². The second-order valence-electron chi connectivity index (χ2n) is 3.45. The first kappa shape index (κ1) is 14.9. The Morgan fingerprint density at radius 2 is 1.83 bits per heavy atom. The molecule has 0 unspecified atom stereocenters. The number of nitrogens with one attached hydrogen (secondary N) is 1. The highest BCUT2D eigenvalue weighted by molar-refractivity contribution is 7.93. The molecule has 0 fully saturated rings. The molecule has 0 heterocycles. The van der Waals surface area contributed by atoms with E-state index in [4.69, 9.17) is 5.14 Å². The monoisotopic (exact) mass is 294 g/mol. The van der Waals surface area contributed by atoms with Crippen molar-refractivity contribution in [3.8, 4) is 0 Å². The van der Waals surface area contributed by atoms with Gasteiger partial charge in [-0.25, -0.2) is 22.0 Å². The smallest absolute Gasteiger partial charge is 0.240 e. The van der Waals surface area contributed by atoms with Crippen LogP contribution in [0.4, 0.5) is 5.69 Å². The van der Waals surface area contributed by atoms with Gasteiger partial charge in [0.15, 0.2) is 0 Å². The van der Waals surface area contributed by atoms with Crippen LogP contribution in [-0.2, 0) is 24.8 Å². The van der Waals surface area contributed by atoms with Crippen LogP contribution in [0, 0.1) is 0 Å². The van der Waals surface area contributed by atoms with E-state index in [1.165, 1.54) is 31.4 Å². The molecule has 9 heteroatoms. The van der Waals surface area contributed by atoms with E-state index in [0.717, 1.165) is 0 Å². The molecular weight excluding hydrogens is 280 g/mol. The van der Waals surface area contributed by atoms with Gasteiger partial charge in [0, 0.05) is 7.11 Å². The Hall–Kier alpha value is -1.16. The molecule has 7 nitrogen and oxygen atoms in total. The zero-order valence-electron chi connectivity index (χ0n) is 9.66. The first-order chi connectivity index (χ1) is 8.26. The summed E-state index contributed by atoms with van der Waals surface area (Å²) in [6.07, 6.45) is 0. The van der Waals surface area contributed by atoms with E-state index >= 15 is 0 Å². The highest BCUT2D eigenvalue weighted by atomic mass is 32.2. The van der Waals surface area contributed by atoms with Crippen molar-refractivity contribution in [2.24, 2.45) is 5.14 Å². The van der Waals surface area contributed by atoms with Gasteiger partial charge in [-0.2, -0.15) is 0 Å². The molecule has 0 bridgehead atoms. The summed E-state index contributed by atoms with van der Waals surface area (Å²) < 4.78 is 52.6. The van der Waals surface area contributed by atoms with Crippen LogP contribution in [-0.4, -0.2) is 36.3 Å². The molecule has 0 aliphatic carbocycles. The molecule has 0 spiro atoms. The van der Waals surface area contributed by atoms with E-state index in [1.807, 2.05) is 0 Å². The molecule has 1 aromatic carbocycles. The maximum absolute atomic E-state index is 11.6. The second kappa shape index (κ2) is 5.65. The molecule has 0 aliphatic heterocycles. The lowest BCUT2D eigenvalue weighted by atomic mass is 10.3. The van der Waals surface area contributed by atoms with Crippen molar-refractivity contribution >= 4 is 25.7 Å². The molecule has 102 valence electrons. The van der Waals surface area contributed by atoms with E-state index in [0.29, 0.717) is 0 Å². The Labute approximate surface area is 106 Å². The predicted molar refractivity (Wildman–Crippen MR) is 67.1 cm³/mol. The SMILES string of the molecule is COCCS(=O)(=O)Nc1ccccc1S(N)(=O)=O. The van der Waals surface area contributed by atoms with Gasteiger partial charge >= 0.3 is 0 Å². The topological polar surface area (TPSA) is 116 Å². The third-order valence-electron chi connectivity index (χ3n) is 2.02. The van der Waals surface area contributed by atoms with E-state index in [9.17, 15) is 16.8 Å². The highest BCUT2D eigenvalue weighted by Gasteiger charge is 2.17. The Morgan fingerprint density at radius 3 is 2.39 bits per heavy atom. The average molecular weight is 294 g/mol. The van der Waals surface area contributed by atoms with Gasteiger partial charge in [0.1, 0.15) is 4.90 Å². The number of anilines is 1. The van der Waals surface area contributed by atoms with Gasteiger partial charge in [0.05, 0.1) is 18.0 Å². The second-order valence-corrected chi connectivity index (χ2v) is 6.83. The summed E-state index contributed by atoms with van der Waals surface area (Å²) in [5, 5.41) is 4.99. The zero-order valence-corrected chi connectivity index (χ0v) is 11.3. The van der Waals surface area contributed by atoms with Crippen LogP contribution in [0.2, 0.25) is 0 Å². The highest BCUT2D eigenvalue weighted by Crippen LogP contribution is 2.20. The number of methoxy groups -OCH3 is 1. The summed E-state index contributed by atoms with van der Waals surface area (Å²) in [4.78, 5) is -0.272. The quantitative estimate of drug-likeness (QED) is 0.748. The summed E-state index contributed by atoms with van der Waals surface area (Å²) in [6, 6.07) is 5.50. The van der Waals surface area contributed by atoms with E-state index in [2.05, 4.69) is 9.46 Å². The Balaban J connectivity index is 3.06. The van der Waals surface area contributed by atoms with Gasteiger partial charge in [-0.05, 0) is 12.1 Å². The number of rotatable bonds is 6. The van der Waals surface area contributed by atoms with Gasteiger partial charge in [0.25, 0.3) is 0 Å². The molecule has 1 rings (SSSR count). The largest absolute Gasteiger partial charge is 0.384 e. The van der Waals surface area contributed by atoms with Crippen LogP contribution in [0.5, 0.6) is 0 Å². The zero-order chi connectivity index (χ0) is 13.8. The third-order valence-corrected chi connectivity index (χ3v) is 4.22. The number of nitrogens with two attached hydrogens (primary N) is 1. The first-order valence-electron chi connectivity index (χ1n) is 4.87. The third kappa shape index (κ3) is 4.26. The van der Waals surface area contributed by atoms with Crippen molar-refractivity contribution < 1.29 is 21.6 Å². The fourth-order valence-corrected chi connectivity index (χ4v) is 2.97. The molecule has 0 amide bonds. The molecule has 1 aromatic rings. The van der Waals surface area contributed by atoms with Crippen LogP contribution in [0.25, 0.3) is 0 Å². The number of benzene rings is 1. The van der Waals surface area contributed by atoms with Crippen LogP contribution >= 0.6 is 0 Å². The molecule has 18 heavy (non-hydrogen) atoms. The molecule has 0 radical (unpaired) electrons. The van der Waals surface area contributed by atoms with Crippen LogP contribution < -0.4 is 9.86 Å². The minimum absolute atomic E-state index is 0.00682. The summed E-state index contributed by atoms with van der Waals surface area (Å²) in [6.45, 7) is 0.00682. The van der Waals surface area contributed by atoms with E-state index in [-0.39, 0.29) is 22.9 Å². The lowest BCUT2D eigenvalue weighted by Crippen LogP contribution is -2.22. The summed E-state index contributed by atoms with van der Waals surface area (Å²) in [5.41, 5.74) is -0.0731. The number of ether oxygens (including phenoxy) is 1. The van der Waals surface area contributed by atoms with Crippen molar-refractivity contribution in [1.82, 2.24) is 0 Å². The Morgan fingerprint density at radius 1 is 1.22 bits per heavy atom. The van der Waals surface area contributed by atoms with Gasteiger partial charge in [-0.1, -0.05) is 12.1 Å². The maximum Gasteiger partial charge on any atom is 0.240 e. The average Bonchev–Trinajstić information content (AvgIpc) is 2.25. The fraction of sp³-hybridized carbons (Fsp3) is 0.333. The molecule has 0 saturated heterocycles. The molecule has 3 N–H and O–H groups in total. The molecule has 0 saturated carbocycles. The van der Waals surface area contributed by atoms with Crippen LogP contribution in [0.1, 0.15) is 0 Å². The fourth-order valence-electron chi connectivity index (χ4n) is 1.21. The van der Waals surface area contributed by atoms with Gasteiger partial charge in [-0.15, -0.1) is 0 Å². The molecule has 0 atom stereocenters. The van der Waals surface area contributed by atoms with Crippen molar-refractivity contribution in [2.45, 2.75) is 4.90 Å². The Bertz CT molecular complexity index is 610. The van der Waals surface area contributed by atoms with E-state index in [1.54, 1.807) is 0 Å². The molecular formula is C9H14N2O5S2. The number of hydrogen-bond donors (Lipinski definition) is 2. The maximum atomic E-state index is 11.6. The summed E-state index contributed by atoms with van der Waals surface area (Å²) >= 11 is 0.